The quantitative estimate of drug-likeness (QED) is 0.161. The van der Waals surface area contributed by atoms with Crippen molar-refractivity contribution in [3.8, 4) is 0 Å². The van der Waals surface area contributed by atoms with Crippen LogP contribution in [0, 0.1) is 11.8 Å². The molecule has 2 fully saturated rings. The van der Waals surface area contributed by atoms with E-state index in [1.54, 1.807) is 12.2 Å². The molecule has 28 heavy (non-hydrogen) atoms. The average Bonchev–Trinajstić information content (AvgIpc) is 2.96. The number of ketones is 1. The second-order valence-electron chi connectivity index (χ2n) is 7.01. The van der Waals surface area contributed by atoms with E-state index >= 15 is 0 Å². The molecule has 0 radical (unpaired) electrons. The molecule has 1 saturated carbocycles. The number of rotatable bonds is 9. The van der Waals surface area contributed by atoms with Crippen molar-refractivity contribution in [2.45, 2.75) is 62.8 Å². The molecule has 2 aliphatic rings. The van der Waals surface area contributed by atoms with Gasteiger partial charge in [0.25, 0.3) is 0 Å². The van der Waals surface area contributed by atoms with Crippen LogP contribution >= 0.6 is 0 Å². The SMILES string of the molecule is O=C([O-])C[C@H]1CCC(=O)[C@@H]1C/C=C\CCO[C@@H]1O[C@H](CO)[C@H](O)[C@H](O)[C@H]1O.[K+]. The van der Waals surface area contributed by atoms with Crippen LogP contribution in [-0.4, -0.2) is 76.1 Å². The fourth-order valence-corrected chi connectivity index (χ4v) is 3.58. The predicted molar refractivity (Wildman–Crippen MR) is 88.9 cm³/mol. The molecule has 154 valence electrons. The van der Waals surface area contributed by atoms with Crippen LogP contribution in [0.1, 0.15) is 32.1 Å². The standard InChI is InChI=1S/C18H28O9.K/c19-9-13-15(23)16(24)17(25)18(27-13)26-7-3-1-2-4-11-10(8-14(21)22)5-6-12(11)20;/h1-2,10-11,13,15-19,23-25H,3-9H2,(H,21,22);/q;+1/p-1/b2-1-;/t10-,11-,13-,15+,16+,17-,18-;/m1./s1. The van der Waals surface area contributed by atoms with Crippen LogP contribution in [0.25, 0.3) is 0 Å². The third-order valence-electron chi connectivity index (χ3n) is 5.14. The molecule has 0 amide bonds. The van der Waals surface area contributed by atoms with E-state index < -0.39 is 43.3 Å². The van der Waals surface area contributed by atoms with Crippen molar-refractivity contribution in [3.63, 3.8) is 0 Å². The van der Waals surface area contributed by atoms with Gasteiger partial charge in [0.15, 0.2) is 6.29 Å². The van der Waals surface area contributed by atoms with Gasteiger partial charge in [0, 0.05) is 18.3 Å². The van der Waals surface area contributed by atoms with Gasteiger partial charge in [-0.1, -0.05) is 12.2 Å². The molecule has 1 saturated heterocycles. The van der Waals surface area contributed by atoms with E-state index in [0.717, 1.165) is 0 Å². The van der Waals surface area contributed by atoms with E-state index in [4.69, 9.17) is 14.6 Å². The third kappa shape index (κ3) is 7.20. The fourth-order valence-electron chi connectivity index (χ4n) is 3.58. The number of aliphatic hydroxyl groups excluding tert-OH is 4. The van der Waals surface area contributed by atoms with Gasteiger partial charge in [-0.3, -0.25) is 4.79 Å². The minimum absolute atomic E-state index is 0. The average molecular weight is 427 g/mol. The number of ether oxygens (including phenoxy) is 2. The summed E-state index contributed by atoms with van der Waals surface area (Å²) in [5, 5.41) is 49.1. The Morgan fingerprint density at radius 1 is 1.21 bits per heavy atom. The maximum atomic E-state index is 11.9. The fraction of sp³-hybridized carbons (Fsp3) is 0.778. The first-order chi connectivity index (χ1) is 12.8. The number of aliphatic carboxylic acids is 1. The number of aliphatic hydroxyl groups is 4. The molecule has 0 aromatic rings. The summed E-state index contributed by atoms with van der Waals surface area (Å²) in [7, 11) is 0. The van der Waals surface area contributed by atoms with Crippen molar-refractivity contribution < 1.29 is 96.0 Å². The number of hydrogen-bond donors (Lipinski definition) is 4. The van der Waals surface area contributed by atoms with Crippen molar-refractivity contribution in [1.82, 2.24) is 0 Å². The first kappa shape index (κ1) is 26.3. The molecule has 1 heterocycles. The van der Waals surface area contributed by atoms with Crippen molar-refractivity contribution in [2.75, 3.05) is 13.2 Å². The largest absolute Gasteiger partial charge is 1.00 e. The molecule has 1 aliphatic heterocycles. The molecule has 0 aromatic heterocycles. The van der Waals surface area contributed by atoms with Gasteiger partial charge < -0.3 is 39.8 Å². The molecular weight excluding hydrogens is 399 g/mol. The second kappa shape index (κ2) is 12.9. The topological polar surface area (TPSA) is 157 Å². The van der Waals surface area contributed by atoms with Gasteiger partial charge in [0.1, 0.15) is 30.2 Å². The Hall–Kier alpha value is 0.276. The van der Waals surface area contributed by atoms with Crippen LogP contribution in [0.5, 0.6) is 0 Å². The van der Waals surface area contributed by atoms with E-state index in [-0.39, 0.29) is 82.0 Å². The maximum Gasteiger partial charge on any atom is 1.00 e. The zero-order chi connectivity index (χ0) is 20.0. The molecule has 0 aromatic carbocycles. The molecule has 2 rings (SSSR count). The Bertz CT molecular complexity index is 539. The summed E-state index contributed by atoms with van der Waals surface area (Å²) in [6.45, 7) is -0.368. The summed E-state index contributed by atoms with van der Waals surface area (Å²) in [4.78, 5) is 22.6. The van der Waals surface area contributed by atoms with Crippen molar-refractivity contribution >= 4 is 11.8 Å². The Morgan fingerprint density at radius 3 is 2.57 bits per heavy atom. The van der Waals surface area contributed by atoms with E-state index in [1.807, 2.05) is 0 Å². The number of allylic oxidation sites excluding steroid dienone is 1. The Morgan fingerprint density at radius 2 is 1.93 bits per heavy atom. The van der Waals surface area contributed by atoms with Crippen molar-refractivity contribution in [3.05, 3.63) is 12.2 Å². The minimum atomic E-state index is -1.48. The molecule has 7 atom stereocenters. The number of carboxylic acid groups (broad SMARTS) is 1. The van der Waals surface area contributed by atoms with Gasteiger partial charge >= 0.3 is 51.4 Å². The molecule has 0 bridgehead atoms. The predicted octanol–water partition coefficient (Wildman–Crippen LogP) is -5.12. The smallest absolute Gasteiger partial charge is 0.550 e. The van der Waals surface area contributed by atoms with Crippen molar-refractivity contribution in [1.29, 1.82) is 0 Å². The van der Waals surface area contributed by atoms with Crippen LogP contribution in [0.4, 0.5) is 0 Å². The number of carbonyl (C=O) groups is 2. The summed E-state index contributed by atoms with van der Waals surface area (Å²) in [5.41, 5.74) is 0. The molecule has 9 nitrogen and oxygen atoms in total. The molecule has 1 aliphatic carbocycles. The van der Waals surface area contributed by atoms with E-state index in [2.05, 4.69) is 0 Å². The van der Waals surface area contributed by atoms with E-state index in [9.17, 15) is 30.0 Å². The Labute approximate surface area is 206 Å². The summed E-state index contributed by atoms with van der Waals surface area (Å²) in [6, 6.07) is 0. The zero-order valence-corrected chi connectivity index (χ0v) is 19.1. The first-order valence-corrected chi connectivity index (χ1v) is 9.14. The van der Waals surface area contributed by atoms with Gasteiger partial charge in [-0.25, -0.2) is 0 Å². The van der Waals surface area contributed by atoms with Gasteiger partial charge in [0.05, 0.1) is 13.2 Å². The van der Waals surface area contributed by atoms with Crippen LogP contribution in [-0.2, 0) is 19.1 Å². The Kier molecular flexibility index (Phi) is 12.1. The number of hydrogen-bond acceptors (Lipinski definition) is 9. The van der Waals surface area contributed by atoms with Crippen LogP contribution in [0.2, 0.25) is 0 Å². The monoisotopic (exact) mass is 426 g/mol. The van der Waals surface area contributed by atoms with Gasteiger partial charge in [0.2, 0.25) is 0 Å². The number of Topliss-reactive ketones (excluding diaryl/α,β-unsaturated/α-hetero) is 1. The molecular formula is C18H27KO9. The van der Waals surface area contributed by atoms with E-state index in [1.165, 1.54) is 0 Å². The van der Waals surface area contributed by atoms with Crippen LogP contribution < -0.4 is 56.5 Å². The summed E-state index contributed by atoms with van der Waals surface area (Å²) in [5.74, 6) is -1.55. The molecule has 10 heteroatoms. The summed E-state index contributed by atoms with van der Waals surface area (Å²) in [6.07, 6.45) is -1.18. The normalized spacial score (nSPS) is 35.9. The molecule has 0 spiro atoms. The second-order valence-corrected chi connectivity index (χ2v) is 7.01. The maximum absolute atomic E-state index is 11.9. The molecule has 0 unspecified atom stereocenters. The minimum Gasteiger partial charge on any atom is -0.550 e. The third-order valence-corrected chi connectivity index (χ3v) is 5.14. The number of carboxylic acids is 1. The van der Waals surface area contributed by atoms with Gasteiger partial charge in [-0.05, 0) is 31.6 Å². The summed E-state index contributed by atoms with van der Waals surface area (Å²) >= 11 is 0. The van der Waals surface area contributed by atoms with Crippen LogP contribution in [0.3, 0.4) is 0 Å². The Balaban J connectivity index is 0.00000392. The number of carbonyl (C=O) groups excluding carboxylic acids is 2. The summed E-state index contributed by atoms with van der Waals surface area (Å²) < 4.78 is 10.6. The molecule has 4 N–H and O–H groups in total. The first-order valence-electron chi connectivity index (χ1n) is 9.14. The van der Waals surface area contributed by atoms with Crippen LogP contribution in [0.15, 0.2) is 12.2 Å². The zero-order valence-electron chi connectivity index (χ0n) is 16.0. The van der Waals surface area contributed by atoms with Gasteiger partial charge in [-0.2, -0.15) is 0 Å². The van der Waals surface area contributed by atoms with Gasteiger partial charge in [-0.15, -0.1) is 0 Å². The van der Waals surface area contributed by atoms with Crippen molar-refractivity contribution in [2.24, 2.45) is 11.8 Å². The van der Waals surface area contributed by atoms with E-state index in [0.29, 0.717) is 25.7 Å².